The normalized spacial score (nSPS) is 23.0. The molecule has 1 atom stereocenters. The third-order valence-corrected chi connectivity index (χ3v) is 7.63. The Labute approximate surface area is 211 Å². The average molecular weight is 494 g/mol. The molecule has 2 fully saturated rings. The number of esters is 1. The van der Waals surface area contributed by atoms with Crippen molar-refractivity contribution in [2.45, 2.75) is 65.0 Å². The van der Waals surface area contributed by atoms with E-state index in [0.717, 1.165) is 34.1 Å². The van der Waals surface area contributed by atoms with Crippen LogP contribution in [-0.4, -0.2) is 47.4 Å². The Bertz CT molecular complexity index is 1170. The second-order valence-corrected chi connectivity index (χ2v) is 11.1. The molecule has 8 heteroatoms. The van der Waals surface area contributed by atoms with Crippen LogP contribution in [0.2, 0.25) is 0 Å². The number of imide groups is 1. The molecule has 1 saturated carbocycles. The summed E-state index contributed by atoms with van der Waals surface area (Å²) < 4.78 is 5.10. The van der Waals surface area contributed by atoms with Crippen LogP contribution >= 0.6 is 0 Å². The van der Waals surface area contributed by atoms with Crippen molar-refractivity contribution in [1.29, 1.82) is 0 Å². The Morgan fingerprint density at radius 3 is 2.47 bits per heavy atom. The number of ether oxygens (including phenoxy) is 1. The SMILES string of the molecule is CC(NC(=O)COC(=O)CN1C(=O)NC2(CCC(C(C)(C)C)CC2)C1=O)c1cccc2ccccc12. The number of nitrogens with one attached hydrogen (secondary N) is 2. The predicted molar refractivity (Wildman–Crippen MR) is 136 cm³/mol. The first kappa shape index (κ1) is 25.7. The number of carbonyl (C=O) groups is 4. The van der Waals surface area contributed by atoms with Gasteiger partial charge in [0.2, 0.25) is 0 Å². The fourth-order valence-corrected chi connectivity index (χ4v) is 5.45. The summed E-state index contributed by atoms with van der Waals surface area (Å²) in [5, 5.41) is 7.77. The van der Waals surface area contributed by atoms with Gasteiger partial charge in [-0.25, -0.2) is 4.79 Å². The molecule has 0 aromatic heterocycles. The molecule has 4 amide bonds. The zero-order valence-corrected chi connectivity index (χ0v) is 21.4. The maximum absolute atomic E-state index is 13.1. The molecule has 4 rings (SSSR count). The minimum Gasteiger partial charge on any atom is -0.454 e. The van der Waals surface area contributed by atoms with Gasteiger partial charge in [0.05, 0.1) is 6.04 Å². The zero-order valence-electron chi connectivity index (χ0n) is 21.4. The summed E-state index contributed by atoms with van der Waals surface area (Å²) in [6, 6.07) is 12.9. The molecule has 8 nitrogen and oxygen atoms in total. The summed E-state index contributed by atoms with van der Waals surface area (Å²) >= 11 is 0. The van der Waals surface area contributed by atoms with Gasteiger partial charge in [-0.2, -0.15) is 0 Å². The second kappa shape index (κ2) is 9.91. The van der Waals surface area contributed by atoms with Gasteiger partial charge in [-0.1, -0.05) is 63.2 Å². The van der Waals surface area contributed by atoms with Crippen molar-refractivity contribution in [3.63, 3.8) is 0 Å². The molecule has 1 aliphatic carbocycles. The third-order valence-electron chi connectivity index (χ3n) is 7.63. The van der Waals surface area contributed by atoms with Gasteiger partial charge in [0, 0.05) is 0 Å². The summed E-state index contributed by atoms with van der Waals surface area (Å²) in [4.78, 5) is 51.4. The first-order valence-electron chi connectivity index (χ1n) is 12.6. The van der Waals surface area contributed by atoms with E-state index in [1.54, 1.807) is 0 Å². The van der Waals surface area contributed by atoms with Crippen LogP contribution < -0.4 is 10.6 Å². The maximum Gasteiger partial charge on any atom is 0.326 e. The molecule has 1 heterocycles. The van der Waals surface area contributed by atoms with E-state index in [0.29, 0.717) is 18.8 Å². The summed E-state index contributed by atoms with van der Waals surface area (Å²) in [5.74, 6) is -1.17. The molecule has 2 aliphatic rings. The van der Waals surface area contributed by atoms with Gasteiger partial charge in [0.1, 0.15) is 12.1 Å². The Morgan fingerprint density at radius 1 is 1.11 bits per heavy atom. The van der Waals surface area contributed by atoms with Crippen LogP contribution in [0, 0.1) is 11.3 Å². The van der Waals surface area contributed by atoms with Crippen molar-refractivity contribution in [3.05, 3.63) is 48.0 Å². The molecule has 36 heavy (non-hydrogen) atoms. The van der Waals surface area contributed by atoms with Gasteiger partial charge in [0.25, 0.3) is 11.8 Å². The standard InChI is InChI=1S/C28H35N3O5/c1-18(21-11-7-9-19-8-5-6-10-22(19)21)29-23(32)17-36-24(33)16-31-25(34)28(30-26(31)35)14-12-20(13-15-28)27(2,3)4/h5-11,18,20H,12-17H2,1-4H3,(H,29,32)(H,30,35). The van der Waals surface area contributed by atoms with Gasteiger partial charge < -0.3 is 15.4 Å². The lowest BCUT2D eigenvalue weighted by Crippen LogP contribution is -2.50. The Kier molecular flexibility index (Phi) is 7.07. The van der Waals surface area contributed by atoms with Gasteiger partial charge >= 0.3 is 12.0 Å². The van der Waals surface area contributed by atoms with Crippen molar-refractivity contribution >= 4 is 34.6 Å². The van der Waals surface area contributed by atoms with E-state index in [1.165, 1.54) is 0 Å². The fraction of sp³-hybridized carbons (Fsp3) is 0.500. The number of hydrogen-bond donors (Lipinski definition) is 2. The molecule has 2 aromatic rings. The first-order valence-corrected chi connectivity index (χ1v) is 12.6. The van der Waals surface area contributed by atoms with Crippen LogP contribution in [0.25, 0.3) is 10.8 Å². The van der Waals surface area contributed by atoms with E-state index in [9.17, 15) is 19.2 Å². The summed E-state index contributed by atoms with van der Waals surface area (Å²) in [6.07, 6.45) is 2.78. The number of carbonyl (C=O) groups excluding carboxylic acids is 4. The van der Waals surface area contributed by atoms with Crippen molar-refractivity contribution in [2.75, 3.05) is 13.2 Å². The van der Waals surface area contributed by atoms with Gasteiger partial charge in [-0.05, 0) is 60.3 Å². The number of fused-ring (bicyclic) bond motifs is 1. The van der Waals surface area contributed by atoms with Gasteiger partial charge in [-0.15, -0.1) is 0 Å². The monoisotopic (exact) mass is 493 g/mol. The highest BCUT2D eigenvalue weighted by Gasteiger charge is 2.53. The average Bonchev–Trinajstić information content (AvgIpc) is 3.05. The molecule has 1 saturated heterocycles. The van der Waals surface area contributed by atoms with Crippen LogP contribution in [-0.2, 0) is 19.1 Å². The van der Waals surface area contributed by atoms with E-state index in [2.05, 4.69) is 31.4 Å². The molecule has 1 spiro atoms. The van der Waals surface area contributed by atoms with E-state index in [-0.39, 0.29) is 17.4 Å². The van der Waals surface area contributed by atoms with Crippen molar-refractivity contribution in [1.82, 2.24) is 15.5 Å². The molecule has 0 bridgehead atoms. The molecule has 1 aliphatic heterocycles. The lowest BCUT2D eigenvalue weighted by molar-refractivity contribution is -0.151. The smallest absolute Gasteiger partial charge is 0.326 e. The van der Waals surface area contributed by atoms with Gasteiger partial charge in [-0.3, -0.25) is 19.3 Å². The van der Waals surface area contributed by atoms with Crippen LogP contribution in [0.4, 0.5) is 4.79 Å². The molecule has 1 unspecified atom stereocenters. The van der Waals surface area contributed by atoms with Gasteiger partial charge in [0.15, 0.2) is 6.61 Å². The first-order chi connectivity index (χ1) is 17.0. The zero-order chi connectivity index (χ0) is 26.1. The Morgan fingerprint density at radius 2 is 1.78 bits per heavy atom. The lowest BCUT2D eigenvalue weighted by atomic mass is 9.67. The van der Waals surface area contributed by atoms with Crippen LogP contribution in [0.1, 0.15) is 65.0 Å². The molecule has 2 N–H and O–H groups in total. The lowest BCUT2D eigenvalue weighted by Gasteiger charge is -2.40. The van der Waals surface area contributed by atoms with E-state index in [1.807, 2.05) is 49.4 Å². The molecular formula is C28H35N3O5. The van der Waals surface area contributed by atoms with E-state index >= 15 is 0 Å². The quantitative estimate of drug-likeness (QED) is 0.466. The minimum absolute atomic E-state index is 0.141. The highest BCUT2D eigenvalue weighted by atomic mass is 16.5. The number of benzene rings is 2. The Balaban J connectivity index is 1.28. The molecule has 2 aromatic carbocycles. The van der Waals surface area contributed by atoms with Crippen LogP contribution in [0.15, 0.2) is 42.5 Å². The third kappa shape index (κ3) is 5.22. The fourth-order valence-electron chi connectivity index (χ4n) is 5.45. The largest absolute Gasteiger partial charge is 0.454 e. The molecule has 0 radical (unpaired) electrons. The van der Waals surface area contributed by atoms with E-state index < -0.39 is 36.6 Å². The predicted octanol–water partition coefficient (Wildman–Crippen LogP) is 4.09. The summed E-state index contributed by atoms with van der Waals surface area (Å²) in [7, 11) is 0. The van der Waals surface area contributed by atoms with Crippen molar-refractivity contribution in [3.8, 4) is 0 Å². The number of hydrogen-bond acceptors (Lipinski definition) is 5. The topological polar surface area (TPSA) is 105 Å². The number of amides is 4. The second-order valence-electron chi connectivity index (χ2n) is 11.1. The number of rotatable bonds is 6. The van der Waals surface area contributed by atoms with E-state index in [4.69, 9.17) is 4.74 Å². The molecule has 192 valence electrons. The number of urea groups is 1. The summed E-state index contributed by atoms with van der Waals surface area (Å²) in [6.45, 7) is 7.42. The highest BCUT2D eigenvalue weighted by Crippen LogP contribution is 2.43. The number of nitrogens with zero attached hydrogens (tertiary/aromatic N) is 1. The highest BCUT2D eigenvalue weighted by molar-refractivity contribution is 6.08. The van der Waals surface area contributed by atoms with Crippen molar-refractivity contribution < 1.29 is 23.9 Å². The van der Waals surface area contributed by atoms with Crippen molar-refractivity contribution in [2.24, 2.45) is 11.3 Å². The Hall–Kier alpha value is -3.42. The minimum atomic E-state index is -0.940. The molecular weight excluding hydrogens is 458 g/mol. The van der Waals surface area contributed by atoms with Crippen LogP contribution in [0.5, 0.6) is 0 Å². The summed E-state index contributed by atoms with van der Waals surface area (Å²) in [5.41, 5.74) is 0.158. The van der Waals surface area contributed by atoms with Crippen LogP contribution in [0.3, 0.4) is 0 Å². The maximum atomic E-state index is 13.1.